The third kappa shape index (κ3) is 1.45. The summed E-state index contributed by atoms with van der Waals surface area (Å²) < 4.78 is 6.23. The summed E-state index contributed by atoms with van der Waals surface area (Å²) in [5.74, 6) is 1.19. The summed E-state index contributed by atoms with van der Waals surface area (Å²) in [6, 6.07) is 0.250. The number of hydrogen-bond acceptors (Lipinski definition) is 5. The van der Waals surface area contributed by atoms with Crippen LogP contribution in [0.1, 0.15) is 52.9 Å². The van der Waals surface area contributed by atoms with Gasteiger partial charge in [-0.25, -0.2) is 0 Å². The van der Waals surface area contributed by atoms with Gasteiger partial charge in [-0.1, -0.05) is 32.9 Å². The monoisotopic (exact) mass is 397 g/mol. The van der Waals surface area contributed by atoms with Crippen molar-refractivity contribution < 1.29 is 19.4 Å². The number of esters is 1. The van der Waals surface area contributed by atoms with Gasteiger partial charge in [0.15, 0.2) is 0 Å². The molecule has 6 saturated carbocycles. The maximum atomic E-state index is 13.0. The second-order valence-electron chi connectivity index (χ2n) is 12.1. The molecule has 156 valence electrons. The predicted octanol–water partition coefficient (Wildman–Crippen LogP) is 2.53. The third-order valence-corrected chi connectivity index (χ3v) is 10.9. The predicted molar refractivity (Wildman–Crippen MR) is 104 cm³/mol. The van der Waals surface area contributed by atoms with Gasteiger partial charge in [0.25, 0.3) is 0 Å². The number of fused-ring (bicyclic) bond motifs is 1. The van der Waals surface area contributed by atoms with E-state index in [1.165, 1.54) is 5.57 Å². The van der Waals surface area contributed by atoms with Crippen molar-refractivity contribution >= 4 is 11.8 Å². The first-order valence-electron chi connectivity index (χ1n) is 11.5. The van der Waals surface area contributed by atoms with Crippen molar-refractivity contribution in [2.75, 3.05) is 6.54 Å². The van der Waals surface area contributed by atoms with Gasteiger partial charge >= 0.3 is 5.97 Å². The Kier molecular flexibility index (Phi) is 2.73. The Hall–Kier alpha value is -1.20. The summed E-state index contributed by atoms with van der Waals surface area (Å²) in [6.45, 7) is 11.0. The molecule has 9 aliphatic rings. The Morgan fingerprint density at radius 2 is 2.14 bits per heavy atom. The van der Waals surface area contributed by atoms with E-state index in [9.17, 15) is 14.7 Å². The normalized spacial score (nSPS) is 62.4. The van der Waals surface area contributed by atoms with Crippen LogP contribution in [-0.2, 0) is 14.3 Å². The molecule has 0 aromatic heterocycles. The van der Waals surface area contributed by atoms with E-state index in [4.69, 9.17) is 4.74 Å². The van der Waals surface area contributed by atoms with Crippen LogP contribution in [0.4, 0.5) is 0 Å². The molecule has 9 rings (SSSR count). The number of rotatable bonds is 2. The molecule has 0 amide bonds. The average molecular weight is 398 g/mol. The fourth-order valence-electron chi connectivity index (χ4n) is 10.6. The third-order valence-electron chi connectivity index (χ3n) is 10.9. The van der Waals surface area contributed by atoms with Crippen LogP contribution in [0.2, 0.25) is 0 Å². The Labute approximate surface area is 171 Å². The van der Waals surface area contributed by atoms with Crippen LogP contribution in [0, 0.1) is 45.8 Å². The van der Waals surface area contributed by atoms with E-state index in [0.29, 0.717) is 24.7 Å². The first-order valence-corrected chi connectivity index (χ1v) is 11.5. The zero-order valence-corrected chi connectivity index (χ0v) is 17.6. The molecule has 2 unspecified atom stereocenters. The molecule has 6 aliphatic carbocycles. The number of Topliss-reactive ketones (excluding diaryl/α,β-unsaturated/α-hetero) is 1. The fourth-order valence-corrected chi connectivity index (χ4v) is 10.6. The number of hydrogen-bond donors (Lipinski definition) is 1. The minimum absolute atomic E-state index is 0.00812. The minimum atomic E-state index is -0.862. The van der Waals surface area contributed by atoms with Crippen LogP contribution in [0.15, 0.2) is 12.2 Å². The molecule has 3 heterocycles. The smallest absolute Gasteiger partial charge is 0.308 e. The SMILES string of the molecule is C=C1C[C@]23C[C@@]4(O)[C@H]5[C@]67CCC(=O)[C@@]5(C)CN4[C@@H]6[C@H]2C(OC(=O)C(C)C)[C@H]1C[C@H]37. The Balaban J connectivity index is 1.43. The van der Waals surface area contributed by atoms with Crippen LogP contribution < -0.4 is 0 Å². The van der Waals surface area contributed by atoms with Crippen molar-refractivity contribution in [2.45, 2.75) is 70.7 Å². The Morgan fingerprint density at radius 1 is 1.38 bits per heavy atom. The van der Waals surface area contributed by atoms with Gasteiger partial charge in [-0.15, -0.1) is 0 Å². The van der Waals surface area contributed by atoms with E-state index in [1.807, 2.05) is 13.8 Å². The highest BCUT2D eigenvalue weighted by atomic mass is 16.5. The molecule has 5 heteroatoms. The first kappa shape index (κ1) is 17.5. The lowest BCUT2D eigenvalue weighted by molar-refractivity contribution is -0.244. The topological polar surface area (TPSA) is 66.8 Å². The molecular weight excluding hydrogens is 366 g/mol. The van der Waals surface area contributed by atoms with Crippen LogP contribution in [0.25, 0.3) is 0 Å². The van der Waals surface area contributed by atoms with E-state index >= 15 is 0 Å². The number of ether oxygens (including phenoxy) is 1. The molecule has 29 heavy (non-hydrogen) atoms. The zero-order valence-electron chi connectivity index (χ0n) is 17.6. The quantitative estimate of drug-likeness (QED) is 0.573. The van der Waals surface area contributed by atoms with E-state index in [1.54, 1.807) is 0 Å². The van der Waals surface area contributed by atoms with Gasteiger partial charge in [-0.05, 0) is 42.4 Å². The van der Waals surface area contributed by atoms with Crippen LogP contribution in [0.5, 0.6) is 0 Å². The summed E-state index contributed by atoms with van der Waals surface area (Å²) in [4.78, 5) is 28.0. The van der Waals surface area contributed by atoms with Crippen molar-refractivity contribution in [3.05, 3.63) is 12.2 Å². The number of aliphatic hydroxyl groups is 1. The van der Waals surface area contributed by atoms with E-state index in [-0.39, 0.29) is 52.6 Å². The highest BCUT2D eigenvalue weighted by molar-refractivity contribution is 5.88. The van der Waals surface area contributed by atoms with Crippen LogP contribution >= 0.6 is 0 Å². The Bertz CT molecular complexity index is 913. The minimum Gasteiger partial charge on any atom is -0.461 e. The van der Waals surface area contributed by atoms with Crippen molar-refractivity contribution in [2.24, 2.45) is 45.8 Å². The summed E-state index contributed by atoms with van der Waals surface area (Å²) in [5.41, 5.74) is -0.0526. The molecule has 1 N–H and O–H groups in total. The fraction of sp³-hybridized carbons (Fsp3) is 0.833. The van der Waals surface area contributed by atoms with Crippen molar-refractivity contribution in [3.63, 3.8) is 0 Å². The molecule has 9 fully saturated rings. The maximum absolute atomic E-state index is 13.0. The zero-order chi connectivity index (χ0) is 20.3. The lowest BCUT2D eigenvalue weighted by Gasteiger charge is -2.65. The van der Waals surface area contributed by atoms with Crippen LogP contribution in [0.3, 0.4) is 0 Å². The van der Waals surface area contributed by atoms with Gasteiger partial charge in [0.05, 0.1) is 5.92 Å². The second kappa shape index (κ2) is 4.52. The molecule has 9 bridgehead atoms. The lowest BCUT2D eigenvalue weighted by Crippen LogP contribution is -2.67. The van der Waals surface area contributed by atoms with Crippen molar-refractivity contribution in [3.8, 4) is 0 Å². The highest BCUT2D eigenvalue weighted by Gasteiger charge is 2.93. The molecule has 3 saturated heterocycles. The summed E-state index contributed by atoms with van der Waals surface area (Å²) >= 11 is 0. The van der Waals surface area contributed by atoms with Gasteiger partial charge in [-0.2, -0.15) is 0 Å². The van der Waals surface area contributed by atoms with Gasteiger partial charge in [0.2, 0.25) is 0 Å². The van der Waals surface area contributed by atoms with Gasteiger partial charge in [0.1, 0.15) is 17.6 Å². The van der Waals surface area contributed by atoms with E-state index < -0.39 is 11.1 Å². The van der Waals surface area contributed by atoms with E-state index in [2.05, 4.69) is 18.4 Å². The van der Waals surface area contributed by atoms with Crippen molar-refractivity contribution in [1.29, 1.82) is 0 Å². The first-order chi connectivity index (χ1) is 13.6. The molecule has 2 spiro atoms. The van der Waals surface area contributed by atoms with Crippen LogP contribution in [-0.4, -0.2) is 46.2 Å². The summed E-state index contributed by atoms with van der Waals surface area (Å²) in [6.07, 6.45) is 4.15. The number of carbonyl (C=O) groups is 2. The molecule has 0 aromatic carbocycles. The lowest BCUT2D eigenvalue weighted by atomic mass is 9.40. The van der Waals surface area contributed by atoms with Gasteiger partial charge in [0, 0.05) is 42.2 Å². The maximum Gasteiger partial charge on any atom is 0.308 e. The second-order valence-corrected chi connectivity index (χ2v) is 12.1. The number of carbonyl (C=O) groups excluding carboxylic acids is 2. The number of nitrogens with zero attached hydrogens (tertiary/aromatic N) is 1. The highest BCUT2D eigenvalue weighted by Crippen LogP contribution is 2.88. The largest absolute Gasteiger partial charge is 0.461 e. The Morgan fingerprint density at radius 3 is 2.86 bits per heavy atom. The molecule has 0 radical (unpaired) electrons. The number of piperidine rings is 2. The number of ketones is 1. The molecular formula is C24H31NO4. The summed E-state index contributed by atoms with van der Waals surface area (Å²) in [7, 11) is 0. The molecule has 0 aromatic rings. The molecule has 3 aliphatic heterocycles. The summed E-state index contributed by atoms with van der Waals surface area (Å²) in [5, 5.41) is 12.1. The molecule has 11 atom stereocenters. The van der Waals surface area contributed by atoms with Crippen molar-refractivity contribution in [1.82, 2.24) is 4.90 Å². The van der Waals surface area contributed by atoms with Gasteiger partial charge < -0.3 is 9.84 Å². The molecule has 5 nitrogen and oxygen atoms in total. The van der Waals surface area contributed by atoms with Gasteiger partial charge in [-0.3, -0.25) is 14.5 Å². The standard InChI is InChI=1S/C24H31NO4/c1-11(2)19(27)29-17-13-7-14-22(8-12(13)3)9-24(28)20-21(4)10-25(24)18(16(17)22)23(14,20)6-5-15(21)26/h11,13-14,16-18,20,28H,3,5-10H2,1-2,4H3/t13-,14+,16+,17?,18+,20+,21+,22+,23-,24+/m0/s1. The average Bonchev–Trinajstić information content (AvgIpc) is 3.01. The van der Waals surface area contributed by atoms with E-state index in [0.717, 1.165) is 25.7 Å².